The van der Waals surface area contributed by atoms with Crippen LogP contribution in [0.4, 0.5) is 0 Å². The van der Waals surface area contributed by atoms with Gasteiger partial charge in [0.25, 0.3) is 0 Å². The maximum absolute atomic E-state index is 3.90. The summed E-state index contributed by atoms with van der Waals surface area (Å²) in [5.74, 6) is 0. The zero-order valence-electron chi connectivity index (χ0n) is 17.8. The zero-order valence-corrected chi connectivity index (χ0v) is 20.4. The molecular formula is C24H33BrSi. The second-order valence-corrected chi connectivity index (χ2v) is 16.5. The zero-order chi connectivity index (χ0) is 19.7. The normalized spacial score (nSPS) is 20.1. The largest absolute Gasteiger partial charge is 0.0776 e. The Labute approximate surface area is 169 Å². The van der Waals surface area contributed by atoms with E-state index in [0.717, 1.165) is 0 Å². The quantitative estimate of drug-likeness (QED) is 0.441. The Morgan fingerprint density at radius 3 is 1.85 bits per heavy atom. The molecule has 0 N–H and O–H groups in total. The van der Waals surface area contributed by atoms with E-state index in [1.165, 1.54) is 31.9 Å². The number of benzene rings is 2. The maximum Gasteiger partial charge on any atom is 0.0776 e. The fourth-order valence-electron chi connectivity index (χ4n) is 4.44. The molecule has 140 valence electrons. The lowest BCUT2D eigenvalue weighted by Gasteiger charge is -2.44. The van der Waals surface area contributed by atoms with Crippen molar-refractivity contribution >= 4 is 29.2 Å². The SMILES string of the molecule is CC1(C)c2cc(Br)c(-c3cccc([Si](C)(C)C)c3)cc2C(C)(C)C1(C)C. The summed E-state index contributed by atoms with van der Waals surface area (Å²) in [5, 5.41) is 1.52. The smallest absolute Gasteiger partial charge is 0.0656 e. The highest BCUT2D eigenvalue weighted by atomic mass is 79.9. The first-order valence-electron chi connectivity index (χ1n) is 9.67. The summed E-state index contributed by atoms with van der Waals surface area (Å²) in [6.45, 7) is 21.7. The standard InChI is InChI=1S/C24H33BrSi/c1-22(2)19-14-18(16-11-10-12-17(13-16)26(7,8)9)21(25)15-20(19)23(3,4)24(22,5)6/h10-15H,1-9H3. The molecule has 2 heteroatoms. The number of rotatable bonds is 2. The molecule has 0 nitrogen and oxygen atoms in total. The molecule has 0 aliphatic heterocycles. The Bertz CT molecular complexity index is 866. The van der Waals surface area contributed by atoms with Gasteiger partial charge in [0, 0.05) is 4.47 Å². The van der Waals surface area contributed by atoms with E-state index >= 15 is 0 Å². The Hall–Kier alpha value is -0.863. The second-order valence-electron chi connectivity index (χ2n) is 10.6. The van der Waals surface area contributed by atoms with E-state index < -0.39 is 8.07 Å². The van der Waals surface area contributed by atoms with Gasteiger partial charge in [-0.05, 0) is 50.6 Å². The van der Waals surface area contributed by atoms with E-state index in [1.807, 2.05) is 0 Å². The van der Waals surface area contributed by atoms with Crippen LogP contribution in [0.1, 0.15) is 52.7 Å². The third-order valence-electron chi connectivity index (χ3n) is 7.62. The Kier molecular flexibility index (Phi) is 4.45. The van der Waals surface area contributed by atoms with Crippen LogP contribution >= 0.6 is 15.9 Å². The average molecular weight is 430 g/mol. The lowest BCUT2D eigenvalue weighted by Crippen LogP contribution is -2.42. The molecule has 0 radical (unpaired) electrons. The molecule has 3 rings (SSSR count). The van der Waals surface area contributed by atoms with Crippen LogP contribution in [0.25, 0.3) is 11.1 Å². The Morgan fingerprint density at radius 1 is 0.769 bits per heavy atom. The number of hydrogen-bond donors (Lipinski definition) is 0. The number of hydrogen-bond acceptors (Lipinski definition) is 0. The molecule has 1 aliphatic carbocycles. The average Bonchev–Trinajstić information content (AvgIpc) is 2.62. The number of fused-ring (bicyclic) bond motifs is 1. The van der Waals surface area contributed by atoms with E-state index in [2.05, 4.69) is 114 Å². The molecule has 0 fully saturated rings. The van der Waals surface area contributed by atoms with Crippen molar-refractivity contribution in [1.29, 1.82) is 0 Å². The summed E-state index contributed by atoms with van der Waals surface area (Å²) in [4.78, 5) is 0. The van der Waals surface area contributed by atoms with Gasteiger partial charge < -0.3 is 0 Å². The molecule has 0 atom stereocenters. The summed E-state index contributed by atoms with van der Waals surface area (Å²) in [7, 11) is -1.33. The predicted octanol–water partition coefficient (Wildman–Crippen LogP) is 7.26. The summed E-state index contributed by atoms with van der Waals surface area (Å²) in [6, 6.07) is 14.0. The molecule has 0 unspecified atom stereocenters. The van der Waals surface area contributed by atoms with Crippen LogP contribution in [0.2, 0.25) is 19.6 Å². The molecule has 0 heterocycles. The third-order valence-corrected chi connectivity index (χ3v) is 10.3. The van der Waals surface area contributed by atoms with Crippen LogP contribution in [0.5, 0.6) is 0 Å². The van der Waals surface area contributed by atoms with E-state index in [0.29, 0.717) is 0 Å². The molecule has 0 amide bonds. The van der Waals surface area contributed by atoms with Crippen LogP contribution in [-0.2, 0) is 10.8 Å². The van der Waals surface area contributed by atoms with Gasteiger partial charge in [-0.3, -0.25) is 0 Å². The van der Waals surface area contributed by atoms with Gasteiger partial charge >= 0.3 is 0 Å². The van der Waals surface area contributed by atoms with Crippen molar-refractivity contribution in [3.8, 4) is 11.1 Å². The van der Waals surface area contributed by atoms with Crippen LogP contribution in [0, 0.1) is 5.41 Å². The molecule has 0 bridgehead atoms. The molecule has 2 aromatic rings. The first-order valence-corrected chi connectivity index (χ1v) is 14.0. The van der Waals surface area contributed by atoms with Crippen molar-refractivity contribution in [3.63, 3.8) is 0 Å². The first-order chi connectivity index (χ1) is 11.7. The molecule has 26 heavy (non-hydrogen) atoms. The molecular weight excluding hydrogens is 396 g/mol. The predicted molar refractivity (Wildman–Crippen MR) is 122 cm³/mol. The van der Waals surface area contributed by atoms with Gasteiger partial charge in [0.05, 0.1) is 8.07 Å². The van der Waals surface area contributed by atoms with E-state index in [4.69, 9.17) is 0 Å². The molecule has 0 aromatic heterocycles. The van der Waals surface area contributed by atoms with Crippen molar-refractivity contribution in [2.75, 3.05) is 0 Å². The summed E-state index contributed by atoms with van der Waals surface area (Å²) in [6.07, 6.45) is 0. The molecule has 0 saturated heterocycles. The highest BCUT2D eigenvalue weighted by Gasteiger charge is 2.56. The van der Waals surface area contributed by atoms with Gasteiger partial charge in [-0.2, -0.15) is 0 Å². The summed E-state index contributed by atoms with van der Waals surface area (Å²) in [5.41, 5.74) is 6.13. The van der Waals surface area contributed by atoms with Crippen LogP contribution in [0.15, 0.2) is 40.9 Å². The minimum absolute atomic E-state index is 0.137. The van der Waals surface area contributed by atoms with Crippen molar-refractivity contribution in [2.45, 2.75) is 72.0 Å². The molecule has 0 spiro atoms. The second kappa shape index (κ2) is 5.82. The Balaban J connectivity index is 2.24. The fourth-order valence-corrected chi connectivity index (χ4v) is 6.19. The van der Waals surface area contributed by atoms with Crippen molar-refractivity contribution in [3.05, 3.63) is 52.0 Å². The van der Waals surface area contributed by atoms with Gasteiger partial charge in [-0.15, -0.1) is 0 Å². The summed E-state index contributed by atoms with van der Waals surface area (Å²) < 4.78 is 1.21. The number of halogens is 1. The highest BCUT2D eigenvalue weighted by molar-refractivity contribution is 9.10. The topological polar surface area (TPSA) is 0 Å². The van der Waals surface area contributed by atoms with E-state index in [-0.39, 0.29) is 16.2 Å². The van der Waals surface area contributed by atoms with Gasteiger partial charge in [0.2, 0.25) is 0 Å². The van der Waals surface area contributed by atoms with Gasteiger partial charge in [-0.1, -0.05) is 107 Å². The van der Waals surface area contributed by atoms with Crippen LogP contribution < -0.4 is 5.19 Å². The molecule has 2 aromatic carbocycles. The van der Waals surface area contributed by atoms with Crippen LogP contribution in [-0.4, -0.2) is 8.07 Å². The lowest BCUT2D eigenvalue weighted by molar-refractivity contribution is 0.125. The molecule has 0 saturated carbocycles. The first kappa shape index (κ1) is 19.9. The van der Waals surface area contributed by atoms with Crippen molar-refractivity contribution in [2.24, 2.45) is 5.41 Å². The minimum Gasteiger partial charge on any atom is -0.0656 e. The molecule has 1 aliphatic rings. The fraction of sp³-hybridized carbons (Fsp3) is 0.500. The lowest BCUT2D eigenvalue weighted by atomic mass is 9.59. The minimum atomic E-state index is -1.33. The summed E-state index contributed by atoms with van der Waals surface area (Å²) >= 11 is 3.90. The van der Waals surface area contributed by atoms with Gasteiger partial charge in [0.15, 0.2) is 0 Å². The van der Waals surface area contributed by atoms with Gasteiger partial charge in [0.1, 0.15) is 0 Å². The van der Waals surface area contributed by atoms with E-state index in [1.54, 1.807) is 0 Å². The van der Waals surface area contributed by atoms with Crippen molar-refractivity contribution < 1.29 is 0 Å². The Morgan fingerprint density at radius 2 is 1.31 bits per heavy atom. The third kappa shape index (κ3) is 2.67. The van der Waals surface area contributed by atoms with Crippen LogP contribution in [0.3, 0.4) is 0 Å². The maximum atomic E-state index is 3.90. The monoisotopic (exact) mass is 428 g/mol. The highest BCUT2D eigenvalue weighted by Crippen LogP contribution is 2.62. The van der Waals surface area contributed by atoms with Gasteiger partial charge in [-0.25, -0.2) is 0 Å². The van der Waals surface area contributed by atoms with Crippen molar-refractivity contribution in [1.82, 2.24) is 0 Å². The van der Waals surface area contributed by atoms with E-state index in [9.17, 15) is 0 Å².